The minimum Gasteiger partial charge on any atom is -0.487 e. The molecular formula is C20H21N3O3. The number of ether oxygens (including phenoxy) is 1. The molecule has 2 heterocycles. The molecule has 0 aliphatic heterocycles. The predicted octanol–water partition coefficient (Wildman–Crippen LogP) is 2.29. The smallest absolute Gasteiger partial charge is 0.251 e. The summed E-state index contributed by atoms with van der Waals surface area (Å²) < 4.78 is 7.17. The number of hydrogen-bond donors (Lipinski definition) is 1. The van der Waals surface area contributed by atoms with E-state index in [1.165, 1.54) is 4.57 Å². The molecule has 2 aromatic heterocycles. The summed E-state index contributed by atoms with van der Waals surface area (Å²) in [6.45, 7) is 4.07. The number of hydrogen-bond acceptors (Lipinski definition) is 4. The maximum absolute atomic E-state index is 12.3. The standard InChI is InChI=1S/C20H21N3O3/c1-14-10-20(25)23(18-8-4-3-7-17(14)18)13-19(24)22-11-15(2)26-16-6-5-9-21-12-16/h3-10,12,15H,11,13H2,1-2H3,(H,22,24). The SMILES string of the molecule is Cc1cc(=O)n(CC(=O)NCC(C)Oc2cccnc2)c2ccccc12. The van der Waals surface area contributed by atoms with E-state index in [1.54, 1.807) is 24.5 Å². The molecule has 6 heteroatoms. The van der Waals surface area contributed by atoms with Crippen LogP contribution in [0.1, 0.15) is 12.5 Å². The molecule has 3 aromatic rings. The lowest BCUT2D eigenvalue weighted by Crippen LogP contribution is -2.37. The monoisotopic (exact) mass is 351 g/mol. The van der Waals surface area contributed by atoms with Crippen molar-refractivity contribution >= 4 is 16.8 Å². The Bertz CT molecular complexity index is 967. The zero-order valence-electron chi connectivity index (χ0n) is 14.8. The van der Waals surface area contributed by atoms with Crippen LogP contribution in [0.4, 0.5) is 0 Å². The molecule has 0 aliphatic carbocycles. The largest absolute Gasteiger partial charge is 0.487 e. The van der Waals surface area contributed by atoms with Gasteiger partial charge in [0, 0.05) is 17.6 Å². The molecule has 1 aromatic carbocycles. The van der Waals surface area contributed by atoms with Gasteiger partial charge in [-0.3, -0.25) is 19.1 Å². The molecule has 0 radical (unpaired) electrons. The second-order valence-corrected chi connectivity index (χ2v) is 6.19. The number of pyridine rings is 2. The third-order valence-corrected chi connectivity index (χ3v) is 4.09. The Kier molecular flexibility index (Phi) is 5.31. The van der Waals surface area contributed by atoms with Crippen LogP contribution in [0, 0.1) is 6.92 Å². The molecule has 1 N–H and O–H groups in total. The van der Waals surface area contributed by atoms with Gasteiger partial charge in [0.2, 0.25) is 5.91 Å². The molecule has 0 saturated carbocycles. The van der Waals surface area contributed by atoms with E-state index in [9.17, 15) is 9.59 Å². The summed E-state index contributed by atoms with van der Waals surface area (Å²) in [4.78, 5) is 28.6. The van der Waals surface area contributed by atoms with Gasteiger partial charge in [0.1, 0.15) is 18.4 Å². The van der Waals surface area contributed by atoms with Gasteiger partial charge in [-0.1, -0.05) is 18.2 Å². The van der Waals surface area contributed by atoms with Crippen LogP contribution in [-0.4, -0.2) is 28.1 Å². The van der Waals surface area contributed by atoms with Gasteiger partial charge in [-0.15, -0.1) is 0 Å². The van der Waals surface area contributed by atoms with Crippen LogP contribution in [0.3, 0.4) is 0 Å². The number of aryl methyl sites for hydroxylation is 1. The second kappa shape index (κ2) is 7.82. The zero-order valence-corrected chi connectivity index (χ0v) is 14.8. The van der Waals surface area contributed by atoms with Crippen LogP contribution < -0.4 is 15.6 Å². The first-order chi connectivity index (χ1) is 12.5. The zero-order chi connectivity index (χ0) is 18.5. The summed E-state index contributed by atoms with van der Waals surface area (Å²) in [5.74, 6) is 0.415. The highest BCUT2D eigenvalue weighted by molar-refractivity contribution is 5.84. The van der Waals surface area contributed by atoms with E-state index in [-0.39, 0.29) is 24.1 Å². The number of carbonyl (C=O) groups excluding carboxylic acids is 1. The van der Waals surface area contributed by atoms with Gasteiger partial charge in [-0.05, 0) is 37.6 Å². The topological polar surface area (TPSA) is 73.2 Å². The molecular weight excluding hydrogens is 330 g/mol. The van der Waals surface area contributed by atoms with Crippen molar-refractivity contribution < 1.29 is 9.53 Å². The van der Waals surface area contributed by atoms with E-state index in [0.29, 0.717) is 12.3 Å². The molecule has 0 fully saturated rings. The minimum absolute atomic E-state index is 0.0285. The Balaban J connectivity index is 1.65. The first kappa shape index (κ1) is 17.7. The van der Waals surface area contributed by atoms with Crippen LogP contribution in [0.25, 0.3) is 10.9 Å². The van der Waals surface area contributed by atoms with Gasteiger partial charge in [-0.2, -0.15) is 0 Å². The normalized spacial score (nSPS) is 11.9. The Morgan fingerprint density at radius 2 is 2.08 bits per heavy atom. The molecule has 134 valence electrons. The van der Waals surface area contributed by atoms with Gasteiger partial charge in [0.25, 0.3) is 5.56 Å². The molecule has 1 atom stereocenters. The summed E-state index contributed by atoms with van der Waals surface area (Å²) in [7, 11) is 0. The van der Waals surface area contributed by atoms with Crippen molar-refractivity contribution in [3.8, 4) is 5.75 Å². The van der Waals surface area contributed by atoms with Crippen LogP contribution >= 0.6 is 0 Å². The lowest BCUT2D eigenvalue weighted by atomic mass is 10.1. The Hall–Kier alpha value is -3.15. The van der Waals surface area contributed by atoms with E-state index < -0.39 is 0 Å². The van der Waals surface area contributed by atoms with Gasteiger partial charge < -0.3 is 10.1 Å². The Morgan fingerprint density at radius 1 is 1.27 bits per heavy atom. The fourth-order valence-corrected chi connectivity index (χ4v) is 2.81. The third-order valence-electron chi connectivity index (χ3n) is 4.09. The number of fused-ring (bicyclic) bond motifs is 1. The van der Waals surface area contributed by atoms with Gasteiger partial charge in [0.05, 0.1) is 18.3 Å². The van der Waals surface area contributed by atoms with E-state index in [2.05, 4.69) is 10.3 Å². The van der Waals surface area contributed by atoms with E-state index >= 15 is 0 Å². The van der Waals surface area contributed by atoms with Crippen molar-refractivity contribution in [2.24, 2.45) is 0 Å². The molecule has 0 saturated heterocycles. The maximum atomic E-state index is 12.3. The summed E-state index contributed by atoms with van der Waals surface area (Å²) in [5.41, 5.74) is 1.48. The highest BCUT2D eigenvalue weighted by Crippen LogP contribution is 2.15. The summed E-state index contributed by atoms with van der Waals surface area (Å²) in [5, 5.41) is 3.78. The molecule has 0 spiro atoms. The van der Waals surface area contributed by atoms with Crippen molar-refractivity contribution in [3.05, 3.63) is 70.8 Å². The molecule has 26 heavy (non-hydrogen) atoms. The number of para-hydroxylation sites is 1. The number of rotatable bonds is 6. The van der Waals surface area contributed by atoms with Crippen molar-refractivity contribution in [1.82, 2.24) is 14.9 Å². The van der Waals surface area contributed by atoms with Crippen molar-refractivity contribution in [2.75, 3.05) is 6.54 Å². The number of nitrogens with one attached hydrogen (secondary N) is 1. The molecule has 3 rings (SSSR count). The van der Waals surface area contributed by atoms with Gasteiger partial charge >= 0.3 is 0 Å². The fraction of sp³-hybridized carbons (Fsp3) is 0.250. The maximum Gasteiger partial charge on any atom is 0.251 e. The number of aromatic nitrogens is 2. The number of benzene rings is 1. The summed E-state index contributed by atoms with van der Waals surface area (Å²) in [6, 6.07) is 12.7. The van der Waals surface area contributed by atoms with E-state index in [0.717, 1.165) is 16.5 Å². The van der Waals surface area contributed by atoms with E-state index in [4.69, 9.17) is 4.74 Å². The average molecular weight is 351 g/mol. The lowest BCUT2D eigenvalue weighted by molar-refractivity contribution is -0.122. The molecule has 1 amide bonds. The highest BCUT2D eigenvalue weighted by atomic mass is 16.5. The fourth-order valence-electron chi connectivity index (χ4n) is 2.81. The highest BCUT2D eigenvalue weighted by Gasteiger charge is 2.11. The molecule has 1 unspecified atom stereocenters. The van der Waals surface area contributed by atoms with Crippen LogP contribution in [0.2, 0.25) is 0 Å². The number of amides is 1. The first-order valence-electron chi connectivity index (χ1n) is 8.47. The Labute approximate surface area is 151 Å². The third kappa shape index (κ3) is 4.08. The lowest BCUT2D eigenvalue weighted by Gasteiger charge is -2.16. The quantitative estimate of drug-likeness (QED) is 0.739. The van der Waals surface area contributed by atoms with Crippen molar-refractivity contribution in [2.45, 2.75) is 26.5 Å². The van der Waals surface area contributed by atoms with Crippen molar-refractivity contribution in [1.29, 1.82) is 0 Å². The number of carbonyl (C=O) groups is 1. The summed E-state index contributed by atoms with van der Waals surface area (Å²) in [6.07, 6.45) is 3.08. The predicted molar refractivity (Wildman–Crippen MR) is 100 cm³/mol. The van der Waals surface area contributed by atoms with Crippen LogP contribution in [0.15, 0.2) is 59.7 Å². The second-order valence-electron chi connectivity index (χ2n) is 6.19. The van der Waals surface area contributed by atoms with Gasteiger partial charge in [-0.25, -0.2) is 0 Å². The molecule has 0 bridgehead atoms. The van der Waals surface area contributed by atoms with Gasteiger partial charge in [0.15, 0.2) is 0 Å². The van der Waals surface area contributed by atoms with Crippen LogP contribution in [0.5, 0.6) is 5.75 Å². The molecule has 0 aliphatic rings. The van der Waals surface area contributed by atoms with Crippen LogP contribution in [-0.2, 0) is 11.3 Å². The first-order valence-corrected chi connectivity index (χ1v) is 8.47. The Morgan fingerprint density at radius 3 is 2.85 bits per heavy atom. The van der Waals surface area contributed by atoms with Crippen molar-refractivity contribution in [3.63, 3.8) is 0 Å². The minimum atomic E-state index is -0.234. The summed E-state index contributed by atoms with van der Waals surface area (Å²) >= 11 is 0. The van der Waals surface area contributed by atoms with E-state index in [1.807, 2.05) is 44.2 Å². The number of nitrogens with zero attached hydrogens (tertiary/aromatic N) is 2. The molecule has 6 nitrogen and oxygen atoms in total. The average Bonchev–Trinajstić information content (AvgIpc) is 2.64.